The van der Waals surface area contributed by atoms with E-state index >= 15 is 0 Å². The monoisotopic (exact) mass is 312 g/mol. The average Bonchev–Trinajstić information content (AvgIpc) is 2.45. The van der Waals surface area contributed by atoms with E-state index in [0.29, 0.717) is 16.5 Å². The number of benzene rings is 1. The highest BCUT2D eigenvalue weighted by molar-refractivity contribution is 6.33. The summed E-state index contributed by atoms with van der Waals surface area (Å²) in [5, 5.41) is 11.3. The van der Waals surface area contributed by atoms with E-state index in [4.69, 9.17) is 21.1 Å². The van der Waals surface area contributed by atoms with Crippen molar-refractivity contribution >= 4 is 11.6 Å². The van der Waals surface area contributed by atoms with Gasteiger partial charge in [0.1, 0.15) is 16.5 Å². The van der Waals surface area contributed by atoms with Crippen LogP contribution in [-0.4, -0.2) is 19.3 Å². The summed E-state index contributed by atoms with van der Waals surface area (Å²) in [6.07, 6.45) is 3.99. The Labute approximate surface area is 132 Å². The fourth-order valence-corrected chi connectivity index (χ4v) is 3.80. The number of ether oxygens (including phenoxy) is 2. The predicted molar refractivity (Wildman–Crippen MR) is 85.3 cm³/mol. The van der Waals surface area contributed by atoms with Crippen LogP contribution in [0.1, 0.15) is 51.2 Å². The molecule has 0 spiro atoms. The number of hydrogen-bond donors (Lipinski definition) is 1. The molecule has 0 aliphatic heterocycles. The Kier molecular flexibility index (Phi) is 5.05. The van der Waals surface area contributed by atoms with Crippen LogP contribution in [0.25, 0.3) is 0 Å². The molecule has 1 aliphatic carbocycles. The van der Waals surface area contributed by atoms with Gasteiger partial charge in [-0.05, 0) is 36.3 Å². The Bertz CT molecular complexity index is 499. The molecule has 3 nitrogen and oxygen atoms in total. The summed E-state index contributed by atoms with van der Waals surface area (Å²) in [5.74, 6) is 1.29. The lowest BCUT2D eigenvalue weighted by molar-refractivity contribution is 0.00267. The molecule has 0 saturated heterocycles. The lowest BCUT2D eigenvalue weighted by Crippen LogP contribution is -2.32. The molecule has 118 valence electrons. The van der Waals surface area contributed by atoms with Gasteiger partial charge in [0.2, 0.25) is 0 Å². The summed E-state index contributed by atoms with van der Waals surface area (Å²) in [6, 6.07) is 3.65. The van der Waals surface area contributed by atoms with Crippen LogP contribution in [0.4, 0.5) is 0 Å². The zero-order chi connectivity index (χ0) is 15.6. The van der Waals surface area contributed by atoms with Gasteiger partial charge in [-0.15, -0.1) is 0 Å². The fourth-order valence-electron chi connectivity index (χ4n) is 3.47. The van der Waals surface area contributed by atoms with Gasteiger partial charge in [0.15, 0.2) is 0 Å². The molecular weight excluding hydrogens is 288 g/mol. The summed E-state index contributed by atoms with van der Waals surface area (Å²) >= 11 is 6.31. The number of rotatable bonds is 4. The summed E-state index contributed by atoms with van der Waals surface area (Å²) in [4.78, 5) is 0. The summed E-state index contributed by atoms with van der Waals surface area (Å²) in [5.41, 5.74) is 0.873. The van der Waals surface area contributed by atoms with Gasteiger partial charge in [0.05, 0.1) is 20.3 Å². The van der Waals surface area contributed by atoms with Crippen molar-refractivity contribution in [2.75, 3.05) is 14.2 Å². The van der Waals surface area contributed by atoms with Gasteiger partial charge in [-0.1, -0.05) is 38.3 Å². The molecule has 1 saturated carbocycles. The Morgan fingerprint density at radius 2 is 1.95 bits per heavy atom. The predicted octanol–water partition coefficient (Wildman–Crippen LogP) is 4.61. The average molecular weight is 313 g/mol. The highest BCUT2D eigenvalue weighted by Gasteiger charge is 2.38. The second-order valence-electron chi connectivity index (χ2n) is 6.49. The molecular formula is C17H25ClO3. The minimum atomic E-state index is -0.571. The number of aliphatic hydroxyl groups is 1. The highest BCUT2D eigenvalue weighted by atomic mass is 35.5. The molecule has 1 aromatic rings. The molecule has 4 heteroatoms. The second kappa shape index (κ2) is 6.45. The van der Waals surface area contributed by atoms with E-state index in [1.54, 1.807) is 20.3 Å². The molecule has 1 aliphatic rings. The molecule has 21 heavy (non-hydrogen) atoms. The molecule has 1 N–H and O–H groups in total. The van der Waals surface area contributed by atoms with Crippen molar-refractivity contribution < 1.29 is 14.6 Å². The number of halogens is 1. The Morgan fingerprint density at radius 3 is 2.52 bits per heavy atom. The maximum absolute atomic E-state index is 10.9. The SMILES string of the molecule is COc1ccc(C(O)C2CCCCC2(C)C)c(OC)c1Cl. The first kappa shape index (κ1) is 16.4. The third-order valence-electron chi connectivity index (χ3n) is 4.81. The number of aliphatic hydroxyl groups excluding tert-OH is 1. The van der Waals surface area contributed by atoms with Gasteiger partial charge in [-0.25, -0.2) is 0 Å². The van der Waals surface area contributed by atoms with Gasteiger partial charge in [-0.2, -0.15) is 0 Å². The first-order valence-corrected chi connectivity index (χ1v) is 7.88. The standard InChI is InChI=1S/C17H25ClO3/c1-17(2)10-6-5-7-12(17)15(19)11-8-9-13(20-3)14(18)16(11)21-4/h8-9,12,15,19H,5-7,10H2,1-4H3. The van der Waals surface area contributed by atoms with E-state index in [0.717, 1.165) is 24.8 Å². The van der Waals surface area contributed by atoms with Gasteiger partial charge in [-0.3, -0.25) is 0 Å². The van der Waals surface area contributed by atoms with Crippen LogP contribution >= 0.6 is 11.6 Å². The third-order valence-corrected chi connectivity index (χ3v) is 5.16. The molecule has 0 aromatic heterocycles. The van der Waals surface area contributed by atoms with Crippen LogP contribution < -0.4 is 9.47 Å². The fraction of sp³-hybridized carbons (Fsp3) is 0.647. The Morgan fingerprint density at radius 1 is 1.24 bits per heavy atom. The van der Waals surface area contributed by atoms with E-state index in [1.807, 2.05) is 6.07 Å². The molecule has 2 atom stereocenters. The van der Waals surface area contributed by atoms with Gasteiger partial charge in [0.25, 0.3) is 0 Å². The second-order valence-corrected chi connectivity index (χ2v) is 6.87. The first-order valence-electron chi connectivity index (χ1n) is 7.51. The summed E-state index contributed by atoms with van der Waals surface area (Å²) in [6.45, 7) is 4.47. The minimum absolute atomic E-state index is 0.120. The van der Waals surface area contributed by atoms with Gasteiger partial charge in [0, 0.05) is 5.56 Å². The van der Waals surface area contributed by atoms with Crippen LogP contribution in [0.2, 0.25) is 5.02 Å². The van der Waals surface area contributed by atoms with Crippen LogP contribution in [0.5, 0.6) is 11.5 Å². The summed E-state index contributed by atoms with van der Waals surface area (Å²) < 4.78 is 10.6. The molecule has 0 radical (unpaired) electrons. The summed E-state index contributed by atoms with van der Waals surface area (Å²) in [7, 11) is 3.14. The van der Waals surface area contributed by atoms with E-state index in [-0.39, 0.29) is 11.3 Å². The molecule has 1 fully saturated rings. The smallest absolute Gasteiger partial charge is 0.147 e. The topological polar surface area (TPSA) is 38.7 Å². The first-order chi connectivity index (χ1) is 9.92. The zero-order valence-corrected chi connectivity index (χ0v) is 14.0. The Balaban J connectivity index is 2.38. The van der Waals surface area contributed by atoms with E-state index in [2.05, 4.69) is 13.8 Å². The van der Waals surface area contributed by atoms with Crippen molar-refractivity contribution in [2.45, 2.75) is 45.6 Å². The quantitative estimate of drug-likeness (QED) is 0.882. The molecule has 2 rings (SSSR count). The van der Waals surface area contributed by atoms with Crippen LogP contribution in [0, 0.1) is 11.3 Å². The van der Waals surface area contributed by atoms with Crippen molar-refractivity contribution in [1.29, 1.82) is 0 Å². The van der Waals surface area contributed by atoms with Crippen molar-refractivity contribution in [3.05, 3.63) is 22.7 Å². The van der Waals surface area contributed by atoms with Crippen molar-refractivity contribution in [3.63, 3.8) is 0 Å². The zero-order valence-electron chi connectivity index (χ0n) is 13.3. The molecule has 0 bridgehead atoms. The molecule has 0 amide bonds. The maximum atomic E-state index is 10.9. The van der Waals surface area contributed by atoms with E-state index in [1.165, 1.54) is 6.42 Å². The largest absolute Gasteiger partial charge is 0.495 e. The molecule has 2 unspecified atom stereocenters. The van der Waals surface area contributed by atoms with Crippen LogP contribution in [0.15, 0.2) is 12.1 Å². The minimum Gasteiger partial charge on any atom is -0.495 e. The van der Waals surface area contributed by atoms with Crippen molar-refractivity contribution in [1.82, 2.24) is 0 Å². The normalized spacial score (nSPS) is 22.7. The highest BCUT2D eigenvalue weighted by Crippen LogP contribution is 2.50. The maximum Gasteiger partial charge on any atom is 0.147 e. The number of hydrogen-bond acceptors (Lipinski definition) is 3. The Hall–Kier alpha value is -0.930. The van der Waals surface area contributed by atoms with Crippen molar-refractivity contribution in [3.8, 4) is 11.5 Å². The van der Waals surface area contributed by atoms with Crippen molar-refractivity contribution in [2.24, 2.45) is 11.3 Å². The van der Waals surface area contributed by atoms with Gasteiger partial charge < -0.3 is 14.6 Å². The molecule has 1 aromatic carbocycles. The third kappa shape index (κ3) is 3.14. The van der Waals surface area contributed by atoms with Crippen LogP contribution in [0.3, 0.4) is 0 Å². The molecule has 0 heterocycles. The van der Waals surface area contributed by atoms with E-state index < -0.39 is 6.10 Å². The lowest BCUT2D eigenvalue weighted by atomic mass is 9.65. The van der Waals surface area contributed by atoms with Crippen LogP contribution in [-0.2, 0) is 0 Å². The van der Waals surface area contributed by atoms with E-state index in [9.17, 15) is 5.11 Å². The lowest BCUT2D eigenvalue weighted by Gasteiger charge is -2.41. The van der Waals surface area contributed by atoms with Gasteiger partial charge >= 0.3 is 0 Å². The number of methoxy groups -OCH3 is 2.